The minimum absolute atomic E-state index is 0.00890. The van der Waals surface area contributed by atoms with E-state index in [1.54, 1.807) is 12.2 Å². The Morgan fingerprint density at radius 2 is 2.15 bits per heavy atom. The summed E-state index contributed by atoms with van der Waals surface area (Å²) >= 11 is 0. The number of hydrogen-bond donors (Lipinski definition) is 1. The van der Waals surface area contributed by atoms with E-state index in [0.717, 1.165) is 18.6 Å². The number of allylic oxidation sites excluding steroid dienone is 6. The molecule has 110 valence electrons. The zero-order valence-electron chi connectivity index (χ0n) is 12.8. The first-order valence-corrected chi connectivity index (χ1v) is 7.01. The minimum Gasteiger partial charge on any atom is -0.494 e. The van der Waals surface area contributed by atoms with Crippen molar-refractivity contribution in [3.05, 3.63) is 46.8 Å². The van der Waals surface area contributed by atoms with E-state index < -0.39 is 5.97 Å². The molecule has 3 heteroatoms. The molecule has 20 heavy (non-hydrogen) atoms. The van der Waals surface area contributed by atoms with Gasteiger partial charge in [0.15, 0.2) is 0 Å². The van der Waals surface area contributed by atoms with Gasteiger partial charge in [-0.15, -0.1) is 0 Å². The maximum atomic E-state index is 11.0. The van der Waals surface area contributed by atoms with E-state index in [0.29, 0.717) is 12.2 Å². The first kappa shape index (κ1) is 16.3. The summed E-state index contributed by atoms with van der Waals surface area (Å²) in [4.78, 5) is 11.0. The molecule has 0 amide bonds. The minimum atomic E-state index is -0.875. The predicted octanol–water partition coefficient (Wildman–Crippen LogP) is 4.24. The van der Waals surface area contributed by atoms with Gasteiger partial charge in [0.1, 0.15) is 6.61 Å². The van der Waals surface area contributed by atoms with Crippen molar-refractivity contribution in [3.8, 4) is 0 Å². The molecule has 3 nitrogen and oxygen atoms in total. The third-order valence-corrected chi connectivity index (χ3v) is 3.22. The Morgan fingerprint density at radius 1 is 1.45 bits per heavy atom. The number of aliphatic carboxylic acids is 1. The fraction of sp³-hybridized carbons (Fsp3) is 0.471. The highest BCUT2D eigenvalue weighted by atomic mass is 16.5. The van der Waals surface area contributed by atoms with Crippen molar-refractivity contribution in [3.63, 3.8) is 0 Å². The Kier molecular flexibility index (Phi) is 6.29. The van der Waals surface area contributed by atoms with Crippen molar-refractivity contribution in [2.24, 2.45) is 5.92 Å². The smallest absolute Gasteiger partial charge is 0.331 e. The lowest BCUT2D eigenvalue weighted by Crippen LogP contribution is -2.06. The van der Waals surface area contributed by atoms with Crippen LogP contribution in [0.1, 0.15) is 40.5 Å². The van der Waals surface area contributed by atoms with Crippen molar-refractivity contribution >= 4 is 5.97 Å². The van der Waals surface area contributed by atoms with Gasteiger partial charge in [0.2, 0.25) is 0 Å². The van der Waals surface area contributed by atoms with E-state index in [2.05, 4.69) is 19.1 Å². The van der Waals surface area contributed by atoms with Gasteiger partial charge in [0.05, 0.1) is 5.76 Å². The SMILES string of the molecule is CC1=CCCC(CO/C(C)=C/C=C(/C(=O)O)C(C)C)=C1. The highest BCUT2D eigenvalue weighted by Gasteiger charge is 2.10. The number of carboxylic acids is 1. The van der Waals surface area contributed by atoms with Crippen molar-refractivity contribution < 1.29 is 14.6 Å². The topological polar surface area (TPSA) is 46.5 Å². The van der Waals surface area contributed by atoms with Gasteiger partial charge in [0.25, 0.3) is 0 Å². The first-order valence-electron chi connectivity index (χ1n) is 7.01. The van der Waals surface area contributed by atoms with Crippen LogP contribution in [0, 0.1) is 5.92 Å². The summed E-state index contributed by atoms with van der Waals surface area (Å²) in [6.07, 6.45) is 9.84. The second-order valence-electron chi connectivity index (χ2n) is 5.44. The maximum Gasteiger partial charge on any atom is 0.331 e. The van der Waals surface area contributed by atoms with E-state index in [1.807, 2.05) is 20.8 Å². The highest BCUT2D eigenvalue weighted by molar-refractivity contribution is 5.87. The molecule has 0 unspecified atom stereocenters. The molecule has 0 aromatic carbocycles. The van der Waals surface area contributed by atoms with Crippen LogP contribution in [0.5, 0.6) is 0 Å². The molecule has 1 aliphatic rings. The van der Waals surface area contributed by atoms with Crippen LogP contribution in [0.25, 0.3) is 0 Å². The van der Waals surface area contributed by atoms with Crippen LogP contribution in [0.2, 0.25) is 0 Å². The molecular weight excluding hydrogens is 252 g/mol. The summed E-state index contributed by atoms with van der Waals surface area (Å²) in [7, 11) is 0. The standard InChI is InChI=1S/C17H24O3/c1-12(2)16(17(18)19)9-8-14(4)20-11-15-7-5-6-13(3)10-15/h6,8-10,12H,5,7,11H2,1-4H3,(H,18,19)/b14-8+,16-9+. The van der Waals surface area contributed by atoms with E-state index in [-0.39, 0.29) is 5.92 Å². The Morgan fingerprint density at radius 3 is 2.70 bits per heavy atom. The van der Waals surface area contributed by atoms with Gasteiger partial charge >= 0.3 is 5.97 Å². The third-order valence-electron chi connectivity index (χ3n) is 3.22. The van der Waals surface area contributed by atoms with Crippen molar-refractivity contribution in [1.29, 1.82) is 0 Å². The Bertz CT molecular complexity index is 476. The molecule has 0 aromatic rings. The van der Waals surface area contributed by atoms with Gasteiger partial charge in [-0.3, -0.25) is 0 Å². The second-order valence-corrected chi connectivity index (χ2v) is 5.44. The molecule has 0 aliphatic heterocycles. The molecule has 0 radical (unpaired) electrons. The fourth-order valence-corrected chi connectivity index (χ4v) is 2.02. The zero-order chi connectivity index (χ0) is 15.1. The molecule has 0 heterocycles. The van der Waals surface area contributed by atoms with Crippen LogP contribution >= 0.6 is 0 Å². The first-order chi connectivity index (χ1) is 9.40. The van der Waals surface area contributed by atoms with Gasteiger partial charge in [-0.1, -0.05) is 31.6 Å². The van der Waals surface area contributed by atoms with E-state index in [4.69, 9.17) is 9.84 Å². The molecule has 0 bridgehead atoms. The summed E-state index contributed by atoms with van der Waals surface area (Å²) < 4.78 is 5.67. The number of hydrogen-bond acceptors (Lipinski definition) is 2. The normalized spacial score (nSPS) is 16.9. The second kappa shape index (κ2) is 7.73. The molecule has 1 N–H and O–H groups in total. The van der Waals surface area contributed by atoms with Crippen LogP contribution in [0.15, 0.2) is 46.8 Å². The van der Waals surface area contributed by atoms with Crippen LogP contribution in [0.4, 0.5) is 0 Å². The quantitative estimate of drug-likeness (QED) is 0.448. The van der Waals surface area contributed by atoms with Crippen LogP contribution in [0.3, 0.4) is 0 Å². The van der Waals surface area contributed by atoms with Crippen LogP contribution in [-0.2, 0) is 9.53 Å². The predicted molar refractivity (Wildman–Crippen MR) is 81.3 cm³/mol. The summed E-state index contributed by atoms with van der Waals surface area (Å²) in [6.45, 7) is 8.25. The highest BCUT2D eigenvalue weighted by Crippen LogP contribution is 2.18. The number of rotatable bonds is 6. The molecule has 0 saturated heterocycles. The van der Waals surface area contributed by atoms with E-state index in [9.17, 15) is 4.79 Å². The Balaban J connectivity index is 2.60. The van der Waals surface area contributed by atoms with Crippen LogP contribution < -0.4 is 0 Å². The van der Waals surface area contributed by atoms with Gasteiger partial charge in [0, 0.05) is 5.57 Å². The lowest BCUT2D eigenvalue weighted by Gasteiger charge is -2.13. The van der Waals surface area contributed by atoms with Gasteiger partial charge in [-0.25, -0.2) is 4.79 Å². The summed E-state index contributed by atoms with van der Waals surface area (Å²) in [6, 6.07) is 0. The number of carboxylic acid groups (broad SMARTS) is 1. The number of ether oxygens (including phenoxy) is 1. The van der Waals surface area contributed by atoms with Crippen molar-refractivity contribution in [2.45, 2.75) is 40.5 Å². The maximum absolute atomic E-state index is 11.0. The average molecular weight is 276 g/mol. The van der Waals surface area contributed by atoms with E-state index in [1.165, 1.54) is 11.1 Å². The van der Waals surface area contributed by atoms with Crippen LogP contribution in [-0.4, -0.2) is 17.7 Å². The molecule has 0 fully saturated rings. The molecule has 0 atom stereocenters. The van der Waals surface area contributed by atoms with Crippen molar-refractivity contribution in [2.75, 3.05) is 6.61 Å². The fourth-order valence-electron chi connectivity index (χ4n) is 2.02. The lowest BCUT2D eigenvalue weighted by atomic mass is 10.0. The third kappa shape index (κ3) is 5.47. The molecule has 0 saturated carbocycles. The molecule has 1 rings (SSSR count). The Hall–Kier alpha value is -1.77. The zero-order valence-corrected chi connectivity index (χ0v) is 12.8. The largest absolute Gasteiger partial charge is 0.494 e. The van der Waals surface area contributed by atoms with Gasteiger partial charge < -0.3 is 9.84 Å². The van der Waals surface area contributed by atoms with Gasteiger partial charge in [-0.05, 0) is 50.3 Å². The average Bonchev–Trinajstić information content (AvgIpc) is 2.35. The van der Waals surface area contributed by atoms with Gasteiger partial charge in [-0.2, -0.15) is 0 Å². The lowest BCUT2D eigenvalue weighted by molar-refractivity contribution is -0.133. The molecule has 0 spiro atoms. The summed E-state index contributed by atoms with van der Waals surface area (Å²) in [5.74, 6) is -0.150. The monoisotopic (exact) mass is 276 g/mol. The molecule has 0 aromatic heterocycles. The molecule has 1 aliphatic carbocycles. The van der Waals surface area contributed by atoms with Crippen molar-refractivity contribution in [1.82, 2.24) is 0 Å². The number of carbonyl (C=O) groups is 1. The molecular formula is C17H24O3. The summed E-state index contributed by atoms with van der Waals surface area (Å²) in [5.41, 5.74) is 2.96. The summed E-state index contributed by atoms with van der Waals surface area (Å²) in [5, 5.41) is 9.07. The van der Waals surface area contributed by atoms with E-state index >= 15 is 0 Å². The Labute approximate surface area is 121 Å².